The zero-order valence-electron chi connectivity index (χ0n) is 8.73. The third-order valence-corrected chi connectivity index (χ3v) is 4.15. The monoisotopic (exact) mass is 218 g/mol. The molecule has 2 unspecified atom stereocenters. The van der Waals surface area contributed by atoms with E-state index in [0.29, 0.717) is 5.92 Å². The van der Waals surface area contributed by atoms with Crippen LogP contribution in [0.4, 0.5) is 0 Å². The number of carboxylic acids is 1. The molecule has 0 radical (unpaired) electrons. The lowest BCUT2D eigenvalue weighted by atomic mass is 10.1. The minimum atomic E-state index is -0.691. The van der Waals surface area contributed by atoms with Crippen LogP contribution in [-0.4, -0.2) is 35.3 Å². The predicted octanol–water partition coefficient (Wildman–Crippen LogP) is 1.87. The lowest BCUT2D eigenvalue weighted by Gasteiger charge is -2.17. The Morgan fingerprint density at radius 3 is 2.79 bits per heavy atom. The van der Waals surface area contributed by atoms with Crippen LogP contribution in [0.5, 0.6) is 0 Å². The van der Waals surface area contributed by atoms with Gasteiger partial charge in [0.05, 0.1) is 6.61 Å². The second-order valence-corrected chi connectivity index (χ2v) is 5.24. The molecule has 1 rings (SSSR count). The molecule has 0 aromatic carbocycles. The first-order valence-electron chi connectivity index (χ1n) is 5.03. The van der Waals surface area contributed by atoms with E-state index in [2.05, 4.69) is 0 Å². The third-order valence-electron chi connectivity index (χ3n) is 2.38. The van der Waals surface area contributed by atoms with Gasteiger partial charge in [-0.1, -0.05) is 13.8 Å². The van der Waals surface area contributed by atoms with Crippen molar-refractivity contribution in [2.45, 2.75) is 25.5 Å². The van der Waals surface area contributed by atoms with E-state index in [0.717, 1.165) is 25.4 Å². The molecular weight excluding hydrogens is 200 g/mol. The van der Waals surface area contributed by atoms with Crippen LogP contribution < -0.4 is 0 Å². The summed E-state index contributed by atoms with van der Waals surface area (Å²) >= 11 is 1.56. The summed E-state index contributed by atoms with van der Waals surface area (Å²) in [6, 6.07) is 0. The molecule has 0 aromatic heterocycles. The molecular formula is C10H18O3S. The zero-order chi connectivity index (χ0) is 10.6. The fourth-order valence-electron chi connectivity index (χ4n) is 1.50. The van der Waals surface area contributed by atoms with Crippen molar-refractivity contribution in [1.29, 1.82) is 0 Å². The van der Waals surface area contributed by atoms with Crippen LogP contribution in [-0.2, 0) is 9.53 Å². The number of hydrogen-bond acceptors (Lipinski definition) is 3. The SMILES string of the molecule is CC(C)C(SCC1CCOC1)C(=O)O. The van der Waals surface area contributed by atoms with Gasteiger partial charge >= 0.3 is 5.97 Å². The molecule has 0 aromatic rings. The molecule has 3 nitrogen and oxygen atoms in total. The highest BCUT2D eigenvalue weighted by Crippen LogP contribution is 2.25. The normalized spacial score (nSPS) is 24.1. The lowest BCUT2D eigenvalue weighted by molar-refractivity contribution is -0.137. The summed E-state index contributed by atoms with van der Waals surface area (Å²) in [5.41, 5.74) is 0. The van der Waals surface area contributed by atoms with E-state index in [1.807, 2.05) is 13.8 Å². The van der Waals surface area contributed by atoms with Gasteiger partial charge in [-0.3, -0.25) is 4.79 Å². The summed E-state index contributed by atoms with van der Waals surface area (Å²) < 4.78 is 5.25. The van der Waals surface area contributed by atoms with Crippen LogP contribution in [0.25, 0.3) is 0 Å². The molecule has 0 amide bonds. The van der Waals surface area contributed by atoms with E-state index in [1.165, 1.54) is 0 Å². The van der Waals surface area contributed by atoms with Crippen molar-refractivity contribution in [3.8, 4) is 0 Å². The van der Waals surface area contributed by atoms with Crippen LogP contribution in [0.2, 0.25) is 0 Å². The maximum absolute atomic E-state index is 10.9. The lowest BCUT2D eigenvalue weighted by Crippen LogP contribution is -2.24. The van der Waals surface area contributed by atoms with E-state index in [4.69, 9.17) is 9.84 Å². The Balaban J connectivity index is 2.28. The minimum absolute atomic E-state index is 0.194. The predicted molar refractivity (Wildman–Crippen MR) is 57.6 cm³/mol. The van der Waals surface area contributed by atoms with Crippen molar-refractivity contribution in [1.82, 2.24) is 0 Å². The first kappa shape index (κ1) is 11.9. The zero-order valence-corrected chi connectivity index (χ0v) is 9.55. The van der Waals surface area contributed by atoms with Crippen molar-refractivity contribution >= 4 is 17.7 Å². The highest BCUT2D eigenvalue weighted by Gasteiger charge is 2.24. The van der Waals surface area contributed by atoms with E-state index in [9.17, 15) is 4.79 Å². The van der Waals surface area contributed by atoms with Gasteiger partial charge < -0.3 is 9.84 Å². The Labute approximate surface area is 89.2 Å². The highest BCUT2D eigenvalue weighted by molar-refractivity contribution is 8.00. The van der Waals surface area contributed by atoms with Crippen LogP contribution in [0.15, 0.2) is 0 Å². The number of hydrogen-bond donors (Lipinski definition) is 1. The van der Waals surface area contributed by atoms with Crippen LogP contribution >= 0.6 is 11.8 Å². The summed E-state index contributed by atoms with van der Waals surface area (Å²) in [5.74, 6) is 0.971. The Morgan fingerprint density at radius 1 is 1.64 bits per heavy atom. The molecule has 1 N–H and O–H groups in total. The number of carbonyl (C=O) groups is 1. The smallest absolute Gasteiger partial charge is 0.316 e. The van der Waals surface area contributed by atoms with Gasteiger partial charge in [0.15, 0.2) is 0 Å². The Morgan fingerprint density at radius 2 is 2.36 bits per heavy atom. The molecule has 1 fully saturated rings. The molecule has 0 spiro atoms. The molecule has 1 aliphatic heterocycles. The Bertz CT molecular complexity index is 188. The first-order chi connectivity index (χ1) is 6.61. The third kappa shape index (κ3) is 3.50. The molecule has 0 bridgehead atoms. The molecule has 2 atom stereocenters. The number of carboxylic acid groups (broad SMARTS) is 1. The molecule has 0 aliphatic carbocycles. The maximum Gasteiger partial charge on any atom is 0.316 e. The Kier molecular flexibility index (Phi) is 4.75. The average molecular weight is 218 g/mol. The Hall–Kier alpha value is -0.220. The van der Waals surface area contributed by atoms with Gasteiger partial charge in [0.25, 0.3) is 0 Å². The molecule has 14 heavy (non-hydrogen) atoms. The van der Waals surface area contributed by atoms with Crippen molar-refractivity contribution in [2.75, 3.05) is 19.0 Å². The number of aliphatic carboxylic acids is 1. The summed E-state index contributed by atoms with van der Waals surface area (Å²) in [6.45, 7) is 5.55. The minimum Gasteiger partial charge on any atom is -0.480 e. The first-order valence-corrected chi connectivity index (χ1v) is 6.08. The summed E-state index contributed by atoms with van der Waals surface area (Å²) in [5, 5.41) is 8.70. The summed E-state index contributed by atoms with van der Waals surface area (Å²) in [4.78, 5) is 10.9. The van der Waals surface area contributed by atoms with E-state index >= 15 is 0 Å². The molecule has 82 valence electrons. The maximum atomic E-state index is 10.9. The van der Waals surface area contributed by atoms with Gasteiger partial charge in [0, 0.05) is 6.61 Å². The fourth-order valence-corrected chi connectivity index (χ4v) is 2.77. The van der Waals surface area contributed by atoms with Gasteiger partial charge in [-0.2, -0.15) is 0 Å². The standard InChI is InChI=1S/C10H18O3S/c1-7(2)9(10(11)12)14-6-8-3-4-13-5-8/h7-9H,3-6H2,1-2H3,(H,11,12). The van der Waals surface area contributed by atoms with Gasteiger partial charge in [-0.05, 0) is 24.0 Å². The van der Waals surface area contributed by atoms with E-state index in [-0.39, 0.29) is 11.2 Å². The van der Waals surface area contributed by atoms with Crippen molar-refractivity contribution in [2.24, 2.45) is 11.8 Å². The molecule has 1 heterocycles. The average Bonchev–Trinajstić information content (AvgIpc) is 2.55. The topological polar surface area (TPSA) is 46.5 Å². The van der Waals surface area contributed by atoms with Gasteiger partial charge in [0.2, 0.25) is 0 Å². The van der Waals surface area contributed by atoms with E-state index < -0.39 is 5.97 Å². The van der Waals surface area contributed by atoms with Gasteiger partial charge in [-0.15, -0.1) is 11.8 Å². The van der Waals surface area contributed by atoms with Crippen molar-refractivity contribution in [3.05, 3.63) is 0 Å². The second-order valence-electron chi connectivity index (χ2n) is 4.07. The highest BCUT2D eigenvalue weighted by atomic mass is 32.2. The molecule has 1 saturated heterocycles. The van der Waals surface area contributed by atoms with Crippen LogP contribution in [0, 0.1) is 11.8 Å². The van der Waals surface area contributed by atoms with Crippen molar-refractivity contribution < 1.29 is 14.6 Å². The number of thioether (sulfide) groups is 1. The molecule has 1 aliphatic rings. The summed E-state index contributed by atoms with van der Waals surface area (Å²) in [6.07, 6.45) is 1.08. The van der Waals surface area contributed by atoms with Crippen molar-refractivity contribution in [3.63, 3.8) is 0 Å². The summed E-state index contributed by atoms with van der Waals surface area (Å²) in [7, 11) is 0. The fraction of sp³-hybridized carbons (Fsp3) is 0.900. The van der Waals surface area contributed by atoms with E-state index in [1.54, 1.807) is 11.8 Å². The number of rotatable bonds is 5. The van der Waals surface area contributed by atoms with Gasteiger partial charge in [-0.25, -0.2) is 0 Å². The largest absolute Gasteiger partial charge is 0.480 e. The van der Waals surface area contributed by atoms with Gasteiger partial charge in [0.1, 0.15) is 5.25 Å². The second kappa shape index (κ2) is 5.61. The number of ether oxygens (including phenoxy) is 1. The quantitative estimate of drug-likeness (QED) is 0.765. The van der Waals surface area contributed by atoms with Crippen LogP contribution in [0.3, 0.4) is 0 Å². The van der Waals surface area contributed by atoms with Crippen LogP contribution in [0.1, 0.15) is 20.3 Å². The molecule has 0 saturated carbocycles. The molecule has 4 heteroatoms.